The Morgan fingerprint density at radius 2 is 2.09 bits per heavy atom. The largest absolute Gasteiger partial charge is 0.311 e. The maximum absolute atomic E-state index is 3.51. The summed E-state index contributed by atoms with van der Waals surface area (Å²) < 4.78 is 0. The van der Waals surface area contributed by atoms with Crippen molar-refractivity contribution >= 4 is 12.4 Å². The first-order chi connectivity index (χ1) is 4.70. The van der Waals surface area contributed by atoms with Crippen molar-refractivity contribution in [2.24, 2.45) is 5.92 Å². The Morgan fingerprint density at radius 1 is 1.45 bits per heavy atom. The zero-order valence-corrected chi connectivity index (χ0v) is 8.45. The van der Waals surface area contributed by atoms with Gasteiger partial charge in [0.15, 0.2) is 0 Å². The highest BCUT2D eigenvalue weighted by Gasteiger charge is 2.18. The van der Waals surface area contributed by atoms with Crippen molar-refractivity contribution in [2.45, 2.75) is 19.9 Å². The molecule has 2 nitrogen and oxygen atoms in total. The fourth-order valence-electron chi connectivity index (χ4n) is 1.38. The Labute approximate surface area is 75.8 Å². The van der Waals surface area contributed by atoms with Crippen LogP contribution in [0.25, 0.3) is 0 Å². The molecule has 0 unspecified atom stereocenters. The second-order valence-corrected chi connectivity index (χ2v) is 3.57. The smallest absolute Gasteiger partial charge is 0.0218 e. The van der Waals surface area contributed by atoms with Crippen molar-refractivity contribution in [3.05, 3.63) is 0 Å². The van der Waals surface area contributed by atoms with Gasteiger partial charge in [0.25, 0.3) is 0 Å². The Morgan fingerprint density at radius 3 is 2.45 bits per heavy atom. The molecule has 11 heavy (non-hydrogen) atoms. The Kier molecular flexibility index (Phi) is 5.06. The SMILES string of the molecule is CC(C)[C@H]1CN(C)CCN1.Cl. The molecular weight excluding hydrogens is 160 g/mol. The van der Waals surface area contributed by atoms with Crippen LogP contribution in [0.4, 0.5) is 0 Å². The second kappa shape index (κ2) is 4.96. The number of hydrogen-bond donors (Lipinski definition) is 1. The van der Waals surface area contributed by atoms with E-state index in [-0.39, 0.29) is 12.4 Å². The van der Waals surface area contributed by atoms with Crippen LogP contribution in [0.3, 0.4) is 0 Å². The van der Waals surface area contributed by atoms with Crippen molar-refractivity contribution in [1.29, 1.82) is 0 Å². The fraction of sp³-hybridized carbons (Fsp3) is 1.00. The molecule has 1 atom stereocenters. The number of piperazine rings is 1. The molecule has 1 fully saturated rings. The molecule has 1 saturated heterocycles. The average molecular weight is 179 g/mol. The van der Waals surface area contributed by atoms with E-state index in [0.29, 0.717) is 6.04 Å². The summed E-state index contributed by atoms with van der Waals surface area (Å²) in [4.78, 5) is 2.39. The highest BCUT2D eigenvalue weighted by atomic mass is 35.5. The van der Waals surface area contributed by atoms with Gasteiger partial charge in [0.1, 0.15) is 0 Å². The highest BCUT2D eigenvalue weighted by molar-refractivity contribution is 5.85. The van der Waals surface area contributed by atoms with Crippen LogP contribution in [0.15, 0.2) is 0 Å². The minimum Gasteiger partial charge on any atom is -0.311 e. The first kappa shape index (κ1) is 11.2. The van der Waals surface area contributed by atoms with E-state index in [1.54, 1.807) is 0 Å². The van der Waals surface area contributed by atoms with E-state index in [1.165, 1.54) is 13.1 Å². The Hall–Kier alpha value is 0.210. The molecule has 0 radical (unpaired) electrons. The summed E-state index contributed by atoms with van der Waals surface area (Å²) in [5.41, 5.74) is 0. The van der Waals surface area contributed by atoms with Crippen molar-refractivity contribution in [2.75, 3.05) is 26.7 Å². The molecule has 0 saturated carbocycles. The summed E-state index contributed by atoms with van der Waals surface area (Å²) in [6.07, 6.45) is 0. The standard InChI is InChI=1S/C8H18N2.ClH/c1-7(2)8-6-10(3)5-4-9-8;/h7-9H,4-6H2,1-3H3;1H/t8-;/m1./s1. The maximum Gasteiger partial charge on any atom is 0.0218 e. The van der Waals surface area contributed by atoms with E-state index in [1.807, 2.05) is 0 Å². The lowest BCUT2D eigenvalue weighted by molar-refractivity contribution is 0.207. The summed E-state index contributed by atoms with van der Waals surface area (Å²) in [6.45, 7) is 8.11. The van der Waals surface area contributed by atoms with Crippen LogP contribution in [0.1, 0.15) is 13.8 Å². The van der Waals surface area contributed by atoms with Crippen LogP contribution in [0.2, 0.25) is 0 Å². The third-order valence-electron chi connectivity index (χ3n) is 2.21. The zero-order valence-electron chi connectivity index (χ0n) is 7.63. The molecule has 1 N–H and O–H groups in total. The number of halogens is 1. The third-order valence-corrected chi connectivity index (χ3v) is 2.21. The predicted molar refractivity (Wildman–Crippen MR) is 51.4 cm³/mol. The van der Waals surface area contributed by atoms with E-state index in [9.17, 15) is 0 Å². The summed E-state index contributed by atoms with van der Waals surface area (Å²) >= 11 is 0. The van der Waals surface area contributed by atoms with E-state index < -0.39 is 0 Å². The highest BCUT2D eigenvalue weighted by Crippen LogP contribution is 2.05. The van der Waals surface area contributed by atoms with Gasteiger partial charge in [-0.2, -0.15) is 0 Å². The molecule has 0 aromatic carbocycles. The lowest BCUT2D eigenvalue weighted by Gasteiger charge is -2.33. The minimum atomic E-state index is 0. The van der Waals surface area contributed by atoms with Crippen molar-refractivity contribution in [1.82, 2.24) is 10.2 Å². The summed E-state index contributed by atoms with van der Waals surface area (Å²) in [6, 6.07) is 0.707. The van der Waals surface area contributed by atoms with Gasteiger partial charge in [0.2, 0.25) is 0 Å². The van der Waals surface area contributed by atoms with Crippen molar-refractivity contribution < 1.29 is 0 Å². The Balaban J connectivity index is 0.000001000. The Bertz CT molecular complexity index is 106. The maximum atomic E-state index is 3.51. The van der Waals surface area contributed by atoms with Crippen molar-refractivity contribution in [3.8, 4) is 0 Å². The quantitative estimate of drug-likeness (QED) is 0.644. The van der Waals surface area contributed by atoms with E-state index in [2.05, 4.69) is 31.1 Å². The molecule has 0 spiro atoms. The molecule has 0 amide bonds. The lowest BCUT2D eigenvalue weighted by Crippen LogP contribution is -2.51. The van der Waals surface area contributed by atoms with Gasteiger partial charge in [0.05, 0.1) is 0 Å². The number of rotatable bonds is 1. The number of hydrogen-bond acceptors (Lipinski definition) is 2. The lowest BCUT2D eigenvalue weighted by atomic mass is 10.0. The monoisotopic (exact) mass is 178 g/mol. The predicted octanol–water partition coefficient (Wildman–Crippen LogP) is 0.968. The molecule has 68 valence electrons. The molecule has 3 heteroatoms. The van der Waals surface area contributed by atoms with E-state index in [0.717, 1.165) is 12.5 Å². The molecular formula is C8H19ClN2. The minimum absolute atomic E-state index is 0. The molecule has 1 heterocycles. The van der Waals surface area contributed by atoms with Gasteiger partial charge in [-0.1, -0.05) is 13.8 Å². The van der Waals surface area contributed by atoms with Gasteiger partial charge < -0.3 is 10.2 Å². The van der Waals surface area contributed by atoms with Crippen LogP contribution in [-0.2, 0) is 0 Å². The average Bonchev–Trinajstić information content (AvgIpc) is 1.88. The molecule has 0 aromatic heterocycles. The summed E-state index contributed by atoms with van der Waals surface area (Å²) in [7, 11) is 2.19. The molecule has 0 aromatic rings. The number of nitrogens with one attached hydrogen (secondary N) is 1. The van der Waals surface area contributed by atoms with E-state index >= 15 is 0 Å². The van der Waals surface area contributed by atoms with E-state index in [4.69, 9.17) is 0 Å². The van der Waals surface area contributed by atoms with Gasteiger partial charge in [-0.3, -0.25) is 0 Å². The molecule has 1 rings (SSSR count). The van der Waals surface area contributed by atoms with Crippen LogP contribution in [-0.4, -0.2) is 37.6 Å². The zero-order chi connectivity index (χ0) is 7.56. The molecule has 1 aliphatic rings. The van der Waals surface area contributed by atoms with Gasteiger partial charge >= 0.3 is 0 Å². The van der Waals surface area contributed by atoms with Gasteiger partial charge in [-0.05, 0) is 13.0 Å². The second-order valence-electron chi connectivity index (χ2n) is 3.57. The van der Waals surface area contributed by atoms with Crippen LogP contribution >= 0.6 is 12.4 Å². The summed E-state index contributed by atoms with van der Waals surface area (Å²) in [5.74, 6) is 0.766. The van der Waals surface area contributed by atoms with Crippen LogP contribution in [0.5, 0.6) is 0 Å². The normalized spacial score (nSPS) is 26.7. The summed E-state index contributed by atoms with van der Waals surface area (Å²) in [5, 5.41) is 3.51. The third kappa shape index (κ3) is 3.41. The number of likely N-dealkylation sites (N-methyl/N-ethyl adjacent to an activating group) is 1. The van der Waals surface area contributed by atoms with Gasteiger partial charge in [0, 0.05) is 25.7 Å². The number of nitrogens with zero attached hydrogens (tertiary/aromatic N) is 1. The van der Waals surface area contributed by atoms with Crippen LogP contribution in [0, 0.1) is 5.92 Å². The van der Waals surface area contributed by atoms with Crippen LogP contribution < -0.4 is 5.32 Å². The molecule has 0 aliphatic carbocycles. The van der Waals surface area contributed by atoms with Gasteiger partial charge in [-0.15, -0.1) is 12.4 Å². The first-order valence-electron chi connectivity index (χ1n) is 4.12. The topological polar surface area (TPSA) is 15.3 Å². The van der Waals surface area contributed by atoms with Gasteiger partial charge in [-0.25, -0.2) is 0 Å². The first-order valence-corrected chi connectivity index (χ1v) is 4.12. The fourth-order valence-corrected chi connectivity index (χ4v) is 1.38. The molecule has 1 aliphatic heterocycles. The van der Waals surface area contributed by atoms with Crippen molar-refractivity contribution in [3.63, 3.8) is 0 Å². The molecule has 0 bridgehead atoms.